The van der Waals surface area contributed by atoms with Crippen LogP contribution in [0.3, 0.4) is 0 Å². The van der Waals surface area contributed by atoms with E-state index in [4.69, 9.17) is 4.52 Å². The minimum Gasteiger partial charge on any atom is -0.392 e. The summed E-state index contributed by atoms with van der Waals surface area (Å²) in [6.45, 7) is 5.13. The normalized spacial score (nSPS) is 22.2. The third kappa shape index (κ3) is 2.62. The summed E-state index contributed by atoms with van der Waals surface area (Å²) in [7, 11) is 0. The molecule has 1 fully saturated rings. The number of likely N-dealkylation sites (tertiary alicyclic amines) is 1. The monoisotopic (exact) mass is 313 g/mol. The number of β-amino-alcohol motifs (C(OH)–C–C–N with tert-alkyl or cyclic N) is 1. The Morgan fingerprint density at radius 2 is 2.22 bits per heavy atom. The fourth-order valence-corrected chi connectivity index (χ4v) is 3.22. The molecule has 0 amide bonds. The lowest BCUT2D eigenvalue weighted by Gasteiger charge is -2.20. The summed E-state index contributed by atoms with van der Waals surface area (Å²) >= 11 is 0. The largest absolute Gasteiger partial charge is 0.392 e. The summed E-state index contributed by atoms with van der Waals surface area (Å²) in [5.41, 5.74) is 3.19. The van der Waals surface area contributed by atoms with Crippen molar-refractivity contribution in [3.63, 3.8) is 0 Å². The van der Waals surface area contributed by atoms with Gasteiger partial charge in [0, 0.05) is 19.3 Å². The fraction of sp³-hybridized carbons (Fsp3) is 0.438. The maximum absolute atomic E-state index is 10.1. The Morgan fingerprint density at radius 1 is 1.35 bits per heavy atom. The zero-order chi connectivity index (χ0) is 16.0. The van der Waals surface area contributed by atoms with Gasteiger partial charge < -0.3 is 14.0 Å². The molecule has 3 aromatic heterocycles. The van der Waals surface area contributed by atoms with Gasteiger partial charge in [-0.1, -0.05) is 11.2 Å². The molecule has 0 unspecified atom stereocenters. The molecule has 0 saturated carbocycles. The molecule has 1 aliphatic heterocycles. The first-order chi connectivity index (χ1) is 11.1. The zero-order valence-electron chi connectivity index (χ0n) is 13.2. The fourth-order valence-electron chi connectivity index (χ4n) is 3.22. The molecular weight excluding hydrogens is 294 g/mol. The predicted octanol–water partition coefficient (Wildman–Crippen LogP) is 1.64. The van der Waals surface area contributed by atoms with Crippen molar-refractivity contribution < 1.29 is 9.63 Å². The van der Waals surface area contributed by atoms with E-state index >= 15 is 0 Å². The van der Waals surface area contributed by atoms with Crippen molar-refractivity contribution >= 4 is 5.65 Å². The molecule has 2 atom stereocenters. The Kier molecular flexibility index (Phi) is 3.39. The molecule has 0 radical (unpaired) electrons. The molecule has 4 rings (SSSR count). The molecule has 23 heavy (non-hydrogen) atoms. The van der Waals surface area contributed by atoms with Gasteiger partial charge in [-0.2, -0.15) is 4.98 Å². The van der Waals surface area contributed by atoms with Crippen LogP contribution in [0.25, 0.3) is 5.65 Å². The van der Waals surface area contributed by atoms with Gasteiger partial charge in [-0.05, 0) is 31.9 Å². The average Bonchev–Trinajstić information content (AvgIpc) is 3.19. The molecule has 4 heterocycles. The number of aromatic nitrogens is 4. The van der Waals surface area contributed by atoms with Crippen LogP contribution in [0.4, 0.5) is 0 Å². The van der Waals surface area contributed by atoms with Gasteiger partial charge in [0.25, 0.3) is 0 Å². The van der Waals surface area contributed by atoms with Crippen molar-refractivity contribution in [3.8, 4) is 0 Å². The van der Waals surface area contributed by atoms with Gasteiger partial charge in [0.05, 0.1) is 24.0 Å². The summed E-state index contributed by atoms with van der Waals surface area (Å²) < 4.78 is 7.41. The summed E-state index contributed by atoms with van der Waals surface area (Å²) in [5, 5.41) is 13.9. The quantitative estimate of drug-likeness (QED) is 0.792. The first-order valence-electron chi connectivity index (χ1n) is 7.75. The van der Waals surface area contributed by atoms with Crippen LogP contribution in [0.15, 0.2) is 29.0 Å². The van der Waals surface area contributed by atoms with Crippen LogP contribution >= 0.6 is 0 Å². The van der Waals surface area contributed by atoms with Crippen LogP contribution < -0.4 is 0 Å². The molecule has 0 spiro atoms. The summed E-state index contributed by atoms with van der Waals surface area (Å²) in [4.78, 5) is 10.9. The number of aliphatic hydroxyl groups excluding tert-OH is 1. The maximum atomic E-state index is 10.1. The van der Waals surface area contributed by atoms with E-state index in [1.165, 1.54) is 5.56 Å². The number of nitrogens with zero attached hydrogens (tertiary/aromatic N) is 5. The molecule has 0 aromatic carbocycles. The van der Waals surface area contributed by atoms with Crippen molar-refractivity contribution in [2.24, 2.45) is 0 Å². The molecule has 7 nitrogen and oxygen atoms in total. The number of aliphatic hydroxyl groups is 1. The Balaban J connectivity index is 1.64. The second kappa shape index (κ2) is 5.43. The molecule has 1 saturated heterocycles. The number of imidazole rings is 1. The van der Waals surface area contributed by atoms with Crippen LogP contribution in [0.5, 0.6) is 0 Å². The third-order valence-electron chi connectivity index (χ3n) is 4.30. The molecular formula is C16H19N5O2. The number of rotatable bonds is 3. The van der Waals surface area contributed by atoms with Crippen LogP contribution in [-0.2, 0) is 6.54 Å². The van der Waals surface area contributed by atoms with E-state index in [0.717, 1.165) is 11.3 Å². The minimum absolute atomic E-state index is 0.0541. The molecule has 7 heteroatoms. The van der Waals surface area contributed by atoms with Gasteiger partial charge in [-0.15, -0.1) is 0 Å². The highest BCUT2D eigenvalue weighted by molar-refractivity contribution is 5.41. The van der Waals surface area contributed by atoms with E-state index in [1.807, 2.05) is 12.3 Å². The van der Waals surface area contributed by atoms with Crippen molar-refractivity contribution in [1.82, 2.24) is 24.4 Å². The van der Waals surface area contributed by atoms with Gasteiger partial charge >= 0.3 is 0 Å². The second-order valence-electron chi connectivity index (χ2n) is 6.20. The van der Waals surface area contributed by atoms with Crippen LogP contribution in [-0.4, -0.2) is 42.2 Å². The highest BCUT2D eigenvalue weighted by atomic mass is 16.5. The van der Waals surface area contributed by atoms with Crippen molar-refractivity contribution in [2.75, 3.05) is 6.54 Å². The standard InChI is InChI=1S/C16H19N5O2/c1-10-3-4-15-17-6-12(21(15)7-10)8-20-9-13(22)5-14(20)16-18-11(2)19-23-16/h3-4,6-7,13-14,22H,5,8-9H2,1-2H3/t13-,14-/m1/s1. The van der Waals surface area contributed by atoms with E-state index in [1.54, 1.807) is 6.92 Å². The van der Waals surface area contributed by atoms with Crippen molar-refractivity contribution in [3.05, 3.63) is 47.5 Å². The first-order valence-corrected chi connectivity index (χ1v) is 7.75. The Labute approximate surface area is 133 Å². The molecule has 3 aromatic rings. The smallest absolute Gasteiger partial charge is 0.244 e. The first kappa shape index (κ1) is 14.3. The molecule has 1 aliphatic rings. The van der Waals surface area contributed by atoms with E-state index in [-0.39, 0.29) is 12.1 Å². The number of hydrogen-bond donors (Lipinski definition) is 1. The van der Waals surface area contributed by atoms with Gasteiger partial charge in [0.1, 0.15) is 5.65 Å². The summed E-state index contributed by atoms with van der Waals surface area (Å²) in [6.07, 6.45) is 4.19. The highest BCUT2D eigenvalue weighted by Crippen LogP contribution is 2.32. The van der Waals surface area contributed by atoms with Gasteiger partial charge in [0.15, 0.2) is 5.82 Å². The lowest BCUT2D eigenvalue weighted by atomic mass is 10.2. The van der Waals surface area contributed by atoms with E-state index in [2.05, 4.69) is 43.6 Å². The summed E-state index contributed by atoms with van der Waals surface area (Å²) in [5.74, 6) is 1.19. The van der Waals surface area contributed by atoms with E-state index < -0.39 is 0 Å². The number of fused-ring (bicyclic) bond motifs is 1. The number of aryl methyl sites for hydroxylation is 2. The molecule has 1 N–H and O–H groups in total. The van der Waals surface area contributed by atoms with Gasteiger partial charge in [-0.25, -0.2) is 4.98 Å². The number of pyridine rings is 1. The highest BCUT2D eigenvalue weighted by Gasteiger charge is 2.36. The van der Waals surface area contributed by atoms with Crippen LogP contribution in [0, 0.1) is 13.8 Å². The zero-order valence-corrected chi connectivity index (χ0v) is 13.2. The van der Waals surface area contributed by atoms with Crippen LogP contribution in [0.2, 0.25) is 0 Å². The Hall–Kier alpha value is -2.25. The van der Waals surface area contributed by atoms with Gasteiger partial charge in [-0.3, -0.25) is 4.90 Å². The minimum atomic E-state index is -0.381. The Morgan fingerprint density at radius 3 is 3.00 bits per heavy atom. The van der Waals surface area contributed by atoms with E-state index in [9.17, 15) is 5.11 Å². The molecule has 120 valence electrons. The third-order valence-corrected chi connectivity index (χ3v) is 4.30. The molecule has 0 aliphatic carbocycles. The lowest BCUT2D eigenvalue weighted by molar-refractivity contribution is 0.168. The van der Waals surface area contributed by atoms with Crippen molar-refractivity contribution in [2.45, 2.75) is 39.0 Å². The SMILES string of the molecule is Cc1ccc2ncc(CN3C[C@H](O)C[C@@H]3c3nc(C)no3)n2c1. The van der Waals surface area contributed by atoms with Crippen molar-refractivity contribution in [1.29, 1.82) is 0 Å². The number of hydrogen-bond acceptors (Lipinski definition) is 6. The van der Waals surface area contributed by atoms with E-state index in [0.29, 0.717) is 31.2 Å². The van der Waals surface area contributed by atoms with Crippen LogP contribution in [0.1, 0.15) is 35.4 Å². The molecule has 0 bridgehead atoms. The topological polar surface area (TPSA) is 79.7 Å². The average molecular weight is 313 g/mol. The summed E-state index contributed by atoms with van der Waals surface area (Å²) in [6, 6.07) is 4.01. The Bertz CT molecular complexity index is 840. The lowest BCUT2D eigenvalue weighted by Crippen LogP contribution is -2.25. The predicted molar refractivity (Wildman–Crippen MR) is 82.7 cm³/mol. The van der Waals surface area contributed by atoms with Gasteiger partial charge in [0.2, 0.25) is 5.89 Å². The second-order valence-corrected chi connectivity index (χ2v) is 6.20. The maximum Gasteiger partial charge on any atom is 0.244 e.